The Hall–Kier alpha value is -0.930. The van der Waals surface area contributed by atoms with Crippen LogP contribution in [0.15, 0.2) is 5.29 Å². The van der Waals surface area contributed by atoms with E-state index in [1.165, 1.54) is 0 Å². The lowest BCUT2D eigenvalue weighted by Gasteiger charge is -2.28. The largest absolute Gasteiger partial charge is 0.273 e. The molecule has 1 aliphatic heterocycles. The summed E-state index contributed by atoms with van der Waals surface area (Å²) in [5.41, 5.74) is 0. The third-order valence-corrected chi connectivity index (χ3v) is 3.04. The Balaban J connectivity index is 2.12. The first-order valence-corrected chi connectivity index (χ1v) is 4.47. The summed E-state index contributed by atoms with van der Waals surface area (Å²) in [5, 5.41) is 3.81. The molecule has 2 rings (SSSR count). The van der Waals surface area contributed by atoms with Crippen LogP contribution < -0.4 is 0 Å². The van der Waals surface area contributed by atoms with Gasteiger partial charge in [0, 0.05) is 12.5 Å². The van der Waals surface area contributed by atoms with Crippen molar-refractivity contribution in [3.05, 3.63) is 4.91 Å². The van der Waals surface area contributed by atoms with Gasteiger partial charge in [-0.25, -0.2) is 0 Å². The zero-order valence-electron chi connectivity index (χ0n) is 6.90. The van der Waals surface area contributed by atoms with Gasteiger partial charge in [-0.2, -0.15) is 5.01 Å². The second-order valence-electron chi connectivity index (χ2n) is 3.63. The molecule has 0 aromatic carbocycles. The van der Waals surface area contributed by atoms with Crippen molar-refractivity contribution < 1.29 is 4.79 Å². The molecule has 2 fully saturated rings. The minimum atomic E-state index is -0.0428. The molecule has 1 amide bonds. The Bertz CT molecular complexity index is 217. The normalized spacial score (nSPS) is 35.0. The summed E-state index contributed by atoms with van der Waals surface area (Å²) in [5.74, 6) is 0.602. The van der Waals surface area contributed by atoms with Gasteiger partial charge in [-0.1, -0.05) is 6.42 Å². The fourth-order valence-electron chi connectivity index (χ4n) is 2.38. The monoisotopic (exact) mass is 168 g/mol. The van der Waals surface area contributed by atoms with E-state index >= 15 is 0 Å². The van der Waals surface area contributed by atoms with Gasteiger partial charge in [0.1, 0.15) is 0 Å². The van der Waals surface area contributed by atoms with Crippen molar-refractivity contribution in [3.8, 4) is 0 Å². The van der Waals surface area contributed by atoms with Crippen LogP contribution in [0.3, 0.4) is 0 Å². The molecule has 2 atom stereocenters. The van der Waals surface area contributed by atoms with E-state index in [9.17, 15) is 9.70 Å². The van der Waals surface area contributed by atoms with Crippen molar-refractivity contribution in [2.24, 2.45) is 17.1 Å². The van der Waals surface area contributed by atoms with E-state index in [1.54, 1.807) is 0 Å². The van der Waals surface area contributed by atoms with Gasteiger partial charge < -0.3 is 0 Å². The maximum atomic E-state index is 11.5. The van der Waals surface area contributed by atoms with E-state index in [-0.39, 0.29) is 11.8 Å². The number of nitrogens with zero attached hydrogens (tertiary/aromatic N) is 2. The van der Waals surface area contributed by atoms with E-state index in [0.29, 0.717) is 12.5 Å². The van der Waals surface area contributed by atoms with Gasteiger partial charge in [0.05, 0.1) is 5.29 Å². The third-order valence-electron chi connectivity index (χ3n) is 3.04. The average Bonchev–Trinajstić information content (AvgIpc) is 2.53. The Morgan fingerprint density at radius 2 is 2.17 bits per heavy atom. The molecule has 2 unspecified atom stereocenters. The Morgan fingerprint density at radius 3 is 2.92 bits per heavy atom. The predicted molar refractivity (Wildman–Crippen MR) is 43.0 cm³/mol. The van der Waals surface area contributed by atoms with Crippen LogP contribution in [0, 0.1) is 16.7 Å². The van der Waals surface area contributed by atoms with E-state index in [4.69, 9.17) is 0 Å². The Kier molecular flexibility index (Phi) is 1.83. The van der Waals surface area contributed by atoms with Gasteiger partial charge in [0.2, 0.25) is 5.91 Å². The van der Waals surface area contributed by atoms with E-state index < -0.39 is 0 Å². The third kappa shape index (κ3) is 1.02. The molecule has 66 valence electrons. The number of amides is 1. The smallest absolute Gasteiger partial charge is 0.248 e. The lowest BCUT2D eigenvalue weighted by Crippen LogP contribution is -2.40. The minimum Gasteiger partial charge on any atom is -0.273 e. The number of hydrogen-bond acceptors (Lipinski definition) is 3. The van der Waals surface area contributed by atoms with Crippen molar-refractivity contribution in [2.75, 3.05) is 6.54 Å². The van der Waals surface area contributed by atoms with Gasteiger partial charge >= 0.3 is 0 Å². The molecule has 1 aliphatic carbocycles. The first kappa shape index (κ1) is 7.71. The molecule has 0 radical (unpaired) electrons. The molecule has 2 aliphatic rings. The SMILES string of the molecule is O=NN1CCC2CCCC2C1=O. The molecular formula is C8H12N2O2. The van der Waals surface area contributed by atoms with E-state index in [1.807, 2.05) is 0 Å². The summed E-state index contributed by atoms with van der Waals surface area (Å²) >= 11 is 0. The van der Waals surface area contributed by atoms with Crippen LogP contribution in [0.1, 0.15) is 25.7 Å². The van der Waals surface area contributed by atoms with Gasteiger partial charge in [-0.15, -0.1) is 4.91 Å². The number of hydrogen-bond donors (Lipinski definition) is 0. The zero-order valence-corrected chi connectivity index (χ0v) is 6.90. The Morgan fingerprint density at radius 1 is 1.33 bits per heavy atom. The molecule has 0 bridgehead atoms. The molecule has 0 spiro atoms. The van der Waals surface area contributed by atoms with Crippen LogP contribution in [0.4, 0.5) is 0 Å². The first-order valence-electron chi connectivity index (χ1n) is 4.47. The number of carbonyl (C=O) groups is 1. The molecule has 1 saturated carbocycles. The van der Waals surface area contributed by atoms with Crippen LogP contribution in [-0.2, 0) is 4.79 Å². The summed E-state index contributed by atoms with van der Waals surface area (Å²) in [4.78, 5) is 21.7. The molecular weight excluding hydrogens is 156 g/mol. The van der Waals surface area contributed by atoms with Crippen LogP contribution in [0.5, 0.6) is 0 Å². The van der Waals surface area contributed by atoms with Gasteiger partial charge in [-0.05, 0) is 25.2 Å². The quantitative estimate of drug-likeness (QED) is 0.554. The van der Waals surface area contributed by atoms with E-state index in [0.717, 1.165) is 30.7 Å². The highest BCUT2D eigenvalue weighted by Crippen LogP contribution is 2.38. The highest BCUT2D eigenvalue weighted by Gasteiger charge is 2.39. The number of piperidine rings is 1. The molecule has 0 N–H and O–H groups in total. The lowest BCUT2D eigenvalue weighted by atomic mass is 9.89. The lowest BCUT2D eigenvalue weighted by molar-refractivity contribution is -0.140. The van der Waals surface area contributed by atoms with Crippen LogP contribution >= 0.6 is 0 Å². The Labute approximate surface area is 70.9 Å². The summed E-state index contributed by atoms with van der Waals surface area (Å²) in [6, 6.07) is 0. The van der Waals surface area contributed by atoms with Crippen LogP contribution in [0.2, 0.25) is 0 Å². The molecule has 12 heavy (non-hydrogen) atoms. The fourth-order valence-corrected chi connectivity index (χ4v) is 2.38. The zero-order chi connectivity index (χ0) is 8.55. The molecule has 1 heterocycles. The van der Waals surface area contributed by atoms with E-state index in [2.05, 4.69) is 5.29 Å². The molecule has 4 nitrogen and oxygen atoms in total. The van der Waals surface area contributed by atoms with Crippen molar-refractivity contribution in [1.82, 2.24) is 5.01 Å². The first-order chi connectivity index (χ1) is 5.83. The number of rotatable bonds is 1. The summed E-state index contributed by atoms with van der Waals surface area (Å²) in [6.07, 6.45) is 4.20. The predicted octanol–water partition coefficient (Wildman–Crippen LogP) is 1.32. The van der Waals surface area contributed by atoms with Crippen molar-refractivity contribution in [2.45, 2.75) is 25.7 Å². The highest BCUT2D eigenvalue weighted by atomic mass is 16.3. The molecule has 0 aromatic rings. The number of carbonyl (C=O) groups excluding carboxylic acids is 1. The maximum absolute atomic E-state index is 11.5. The topological polar surface area (TPSA) is 49.7 Å². The summed E-state index contributed by atoms with van der Waals surface area (Å²) < 4.78 is 0. The van der Waals surface area contributed by atoms with Gasteiger partial charge in [0.25, 0.3) is 0 Å². The number of nitroso groups, excluding NO2 is 1. The molecule has 4 heteroatoms. The maximum Gasteiger partial charge on any atom is 0.248 e. The minimum absolute atomic E-state index is 0.0428. The second-order valence-corrected chi connectivity index (χ2v) is 3.63. The van der Waals surface area contributed by atoms with Crippen molar-refractivity contribution >= 4 is 5.91 Å². The van der Waals surface area contributed by atoms with Crippen LogP contribution in [0.25, 0.3) is 0 Å². The molecule has 0 aromatic heterocycles. The second kappa shape index (κ2) is 2.84. The van der Waals surface area contributed by atoms with Crippen LogP contribution in [-0.4, -0.2) is 17.5 Å². The average molecular weight is 168 g/mol. The van der Waals surface area contributed by atoms with Gasteiger partial charge in [-0.3, -0.25) is 4.79 Å². The summed E-state index contributed by atoms with van der Waals surface area (Å²) in [6.45, 7) is 0.531. The van der Waals surface area contributed by atoms with Gasteiger partial charge in [0.15, 0.2) is 0 Å². The molecule has 1 saturated heterocycles. The van der Waals surface area contributed by atoms with Crippen molar-refractivity contribution in [1.29, 1.82) is 0 Å². The highest BCUT2D eigenvalue weighted by molar-refractivity contribution is 5.79. The van der Waals surface area contributed by atoms with Crippen molar-refractivity contribution in [3.63, 3.8) is 0 Å². The summed E-state index contributed by atoms with van der Waals surface area (Å²) in [7, 11) is 0. The standard InChI is InChI=1S/C8H12N2O2/c11-8-7-3-1-2-6(7)4-5-10(8)9-12/h6-7H,1-5H2. The number of fused-ring (bicyclic) bond motifs is 1. The fraction of sp³-hybridized carbons (Fsp3) is 0.875.